The molecule has 66 valence electrons. The smallest absolute Gasteiger partial charge is 0.194 e. The van der Waals surface area contributed by atoms with E-state index >= 15 is 0 Å². The van der Waals surface area contributed by atoms with E-state index in [1.165, 1.54) is 13.1 Å². The lowest BCUT2D eigenvalue weighted by Crippen LogP contribution is -1.85. The fraction of sp³-hybridized carbons (Fsp3) is 0.111. The van der Waals surface area contributed by atoms with Crippen molar-refractivity contribution in [2.24, 2.45) is 0 Å². The Bertz CT molecular complexity index is 475. The number of aromatic nitrogens is 1. The number of Topliss-reactive ketones (excluding diaryl/α,β-unsaturated/α-hetero) is 1. The third-order valence-corrected chi connectivity index (χ3v) is 2.05. The van der Waals surface area contributed by atoms with Crippen molar-refractivity contribution < 1.29 is 9.21 Å². The molecule has 0 fully saturated rings. The molecule has 0 aliphatic rings. The molecule has 2 heterocycles. The van der Waals surface area contributed by atoms with Crippen molar-refractivity contribution >= 4 is 28.4 Å². The second-order valence-corrected chi connectivity index (χ2v) is 3.04. The van der Waals surface area contributed by atoms with Crippen LogP contribution in [0.2, 0.25) is 5.15 Å². The van der Waals surface area contributed by atoms with Crippen molar-refractivity contribution in [1.29, 1.82) is 0 Å². The van der Waals surface area contributed by atoms with Gasteiger partial charge in [0.15, 0.2) is 11.5 Å². The van der Waals surface area contributed by atoms with Crippen LogP contribution >= 0.6 is 11.6 Å². The highest BCUT2D eigenvalue weighted by molar-refractivity contribution is 6.34. The molecule has 2 aromatic heterocycles. The molecular formula is C9H6ClNO2. The van der Waals surface area contributed by atoms with Gasteiger partial charge in [0.25, 0.3) is 0 Å². The van der Waals surface area contributed by atoms with E-state index < -0.39 is 0 Å². The van der Waals surface area contributed by atoms with Gasteiger partial charge in [0, 0.05) is 13.1 Å². The van der Waals surface area contributed by atoms with Crippen molar-refractivity contribution in [2.45, 2.75) is 6.92 Å². The number of fused-ring (bicyclic) bond motifs is 1. The molecule has 0 N–H and O–H groups in total. The topological polar surface area (TPSA) is 43.1 Å². The first-order valence-corrected chi connectivity index (χ1v) is 4.11. The average molecular weight is 196 g/mol. The summed E-state index contributed by atoms with van der Waals surface area (Å²) in [6, 6.07) is 3.28. The molecule has 0 radical (unpaired) electrons. The van der Waals surface area contributed by atoms with Gasteiger partial charge in [-0.15, -0.1) is 0 Å². The Hall–Kier alpha value is -1.35. The number of carbonyl (C=O) groups excluding carboxylic acids is 1. The molecule has 0 saturated heterocycles. The van der Waals surface area contributed by atoms with Gasteiger partial charge in [-0.25, -0.2) is 4.98 Å². The number of nitrogens with zero attached hydrogens (tertiary/aromatic N) is 1. The Kier molecular flexibility index (Phi) is 1.81. The van der Waals surface area contributed by atoms with Crippen LogP contribution in [0.4, 0.5) is 0 Å². The maximum atomic E-state index is 11.0. The molecule has 0 bridgehead atoms. The van der Waals surface area contributed by atoms with Gasteiger partial charge >= 0.3 is 0 Å². The first kappa shape index (κ1) is 8.26. The summed E-state index contributed by atoms with van der Waals surface area (Å²) < 4.78 is 5.24. The summed E-state index contributed by atoms with van der Waals surface area (Å²) in [5, 5.41) is 1.03. The van der Waals surface area contributed by atoms with Crippen LogP contribution in [0.15, 0.2) is 22.7 Å². The first-order valence-electron chi connectivity index (χ1n) is 3.73. The predicted molar refractivity (Wildman–Crippen MR) is 49.0 cm³/mol. The van der Waals surface area contributed by atoms with E-state index in [0.29, 0.717) is 21.9 Å². The van der Waals surface area contributed by atoms with E-state index in [2.05, 4.69) is 4.98 Å². The molecule has 0 unspecified atom stereocenters. The van der Waals surface area contributed by atoms with E-state index in [4.69, 9.17) is 16.0 Å². The molecule has 0 spiro atoms. The molecule has 0 aliphatic heterocycles. The van der Waals surface area contributed by atoms with Gasteiger partial charge in [0.1, 0.15) is 10.7 Å². The molecule has 3 nitrogen and oxygen atoms in total. The van der Waals surface area contributed by atoms with Gasteiger partial charge in [-0.1, -0.05) is 11.6 Å². The summed E-state index contributed by atoms with van der Waals surface area (Å²) in [6.07, 6.45) is 1.54. The van der Waals surface area contributed by atoms with E-state index in [0.717, 1.165) is 0 Å². The first-order chi connectivity index (χ1) is 6.18. The summed E-state index contributed by atoms with van der Waals surface area (Å²) in [5.74, 6) is 0.192. The Morgan fingerprint density at radius 2 is 2.38 bits per heavy atom. The molecule has 2 rings (SSSR count). The minimum atomic E-state index is -0.118. The van der Waals surface area contributed by atoms with Crippen molar-refractivity contribution in [2.75, 3.05) is 0 Å². The van der Waals surface area contributed by atoms with Crippen LogP contribution in [0.1, 0.15) is 17.5 Å². The standard InChI is InChI=1S/C9H6ClNO2/c1-5(12)8-4-6-7(13-8)2-3-11-9(6)10/h2-4H,1H3. The van der Waals surface area contributed by atoms with Gasteiger partial charge in [-0.05, 0) is 12.1 Å². The summed E-state index contributed by atoms with van der Waals surface area (Å²) in [6.45, 7) is 1.44. The van der Waals surface area contributed by atoms with Crippen LogP contribution in [-0.4, -0.2) is 10.8 Å². The van der Waals surface area contributed by atoms with Crippen molar-refractivity contribution in [3.63, 3.8) is 0 Å². The number of halogens is 1. The fourth-order valence-electron chi connectivity index (χ4n) is 1.10. The van der Waals surface area contributed by atoms with E-state index in [1.54, 1.807) is 12.1 Å². The molecule has 0 aromatic carbocycles. The Labute approximate surface area is 79.3 Å². The van der Waals surface area contributed by atoms with Crippen molar-refractivity contribution in [3.05, 3.63) is 29.2 Å². The van der Waals surface area contributed by atoms with E-state index in [1.807, 2.05) is 0 Å². The zero-order valence-corrected chi connectivity index (χ0v) is 7.63. The predicted octanol–water partition coefficient (Wildman–Crippen LogP) is 2.68. The maximum absolute atomic E-state index is 11.0. The molecule has 0 amide bonds. The molecule has 0 saturated carbocycles. The summed E-state index contributed by atoms with van der Waals surface area (Å²) in [4.78, 5) is 14.8. The number of ketones is 1. The monoisotopic (exact) mass is 195 g/mol. The minimum absolute atomic E-state index is 0.118. The highest BCUT2D eigenvalue weighted by atomic mass is 35.5. The Morgan fingerprint density at radius 1 is 1.62 bits per heavy atom. The number of hydrogen-bond acceptors (Lipinski definition) is 3. The van der Waals surface area contributed by atoms with Gasteiger partial charge in [0.2, 0.25) is 0 Å². The second kappa shape index (κ2) is 2.85. The van der Waals surface area contributed by atoms with Gasteiger partial charge in [-0.2, -0.15) is 0 Å². The SMILES string of the molecule is CC(=O)c1cc2c(Cl)nccc2o1. The van der Waals surface area contributed by atoms with Gasteiger partial charge in [0.05, 0.1) is 5.39 Å². The van der Waals surface area contributed by atoms with Crippen LogP contribution in [0.3, 0.4) is 0 Å². The zero-order chi connectivity index (χ0) is 9.42. The summed E-state index contributed by atoms with van der Waals surface area (Å²) >= 11 is 5.79. The third kappa shape index (κ3) is 1.31. The van der Waals surface area contributed by atoms with Crippen LogP contribution in [0.25, 0.3) is 11.0 Å². The van der Waals surface area contributed by atoms with Crippen LogP contribution < -0.4 is 0 Å². The summed E-state index contributed by atoms with van der Waals surface area (Å²) in [7, 11) is 0. The Balaban J connectivity index is 2.75. The number of rotatable bonds is 1. The third-order valence-electron chi connectivity index (χ3n) is 1.74. The van der Waals surface area contributed by atoms with Gasteiger partial charge < -0.3 is 4.42 Å². The molecule has 2 aromatic rings. The van der Waals surface area contributed by atoms with Crippen LogP contribution in [0, 0.1) is 0 Å². The normalized spacial score (nSPS) is 10.6. The molecule has 0 atom stereocenters. The van der Waals surface area contributed by atoms with E-state index in [9.17, 15) is 4.79 Å². The number of carbonyl (C=O) groups is 1. The lowest BCUT2D eigenvalue weighted by Gasteiger charge is -1.87. The largest absolute Gasteiger partial charge is 0.453 e. The van der Waals surface area contributed by atoms with Crippen molar-refractivity contribution in [1.82, 2.24) is 4.98 Å². The van der Waals surface area contributed by atoms with E-state index in [-0.39, 0.29) is 5.78 Å². The molecule has 4 heteroatoms. The lowest BCUT2D eigenvalue weighted by molar-refractivity contribution is 0.0989. The average Bonchev–Trinajstić information content (AvgIpc) is 2.49. The number of hydrogen-bond donors (Lipinski definition) is 0. The maximum Gasteiger partial charge on any atom is 0.194 e. The van der Waals surface area contributed by atoms with Crippen LogP contribution in [-0.2, 0) is 0 Å². The van der Waals surface area contributed by atoms with Crippen molar-refractivity contribution in [3.8, 4) is 0 Å². The van der Waals surface area contributed by atoms with Gasteiger partial charge in [-0.3, -0.25) is 4.79 Å². The highest BCUT2D eigenvalue weighted by Crippen LogP contribution is 2.24. The number of pyridine rings is 1. The molecule has 0 aliphatic carbocycles. The highest BCUT2D eigenvalue weighted by Gasteiger charge is 2.09. The van der Waals surface area contributed by atoms with Crippen LogP contribution in [0.5, 0.6) is 0 Å². The molecule has 13 heavy (non-hydrogen) atoms. The minimum Gasteiger partial charge on any atom is -0.453 e. The quantitative estimate of drug-likeness (QED) is 0.519. The zero-order valence-electron chi connectivity index (χ0n) is 6.87. The summed E-state index contributed by atoms with van der Waals surface area (Å²) in [5.41, 5.74) is 0.588. The second-order valence-electron chi connectivity index (χ2n) is 2.68. The fourth-order valence-corrected chi connectivity index (χ4v) is 1.31. The Morgan fingerprint density at radius 3 is 3.00 bits per heavy atom. The lowest BCUT2D eigenvalue weighted by atomic mass is 10.3. The number of furan rings is 1. The molecular weight excluding hydrogens is 190 g/mol.